The molecule has 0 atom stereocenters. The van der Waals surface area contributed by atoms with Crippen molar-refractivity contribution >= 4 is 6.09 Å². The Morgan fingerprint density at radius 3 is 2.00 bits per heavy atom. The summed E-state index contributed by atoms with van der Waals surface area (Å²) in [5, 5.41) is 0. The molecule has 0 radical (unpaired) electrons. The van der Waals surface area contributed by atoms with Gasteiger partial charge in [0.25, 0.3) is 0 Å². The van der Waals surface area contributed by atoms with E-state index in [1.807, 2.05) is 6.08 Å². The van der Waals surface area contributed by atoms with Crippen molar-refractivity contribution in [2.24, 2.45) is 5.73 Å². The summed E-state index contributed by atoms with van der Waals surface area (Å²) in [4.78, 5) is 10.0. The van der Waals surface area contributed by atoms with Crippen molar-refractivity contribution in [1.82, 2.24) is 0 Å². The Hall–Kier alpha value is -0.990. The smallest absolute Gasteiger partial charge is 0.405 e. The third kappa shape index (κ3) is 24.7. The van der Waals surface area contributed by atoms with E-state index in [0.29, 0.717) is 0 Å². The second kappa shape index (κ2) is 7.65. The van der Waals surface area contributed by atoms with Gasteiger partial charge < -0.3 is 10.5 Å². The van der Waals surface area contributed by atoms with Gasteiger partial charge in [0.2, 0.25) is 0 Å². The van der Waals surface area contributed by atoms with Gasteiger partial charge in [0.05, 0.1) is 0 Å². The van der Waals surface area contributed by atoms with Gasteiger partial charge in [-0.15, -0.1) is 6.58 Å². The van der Waals surface area contributed by atoms with Crippen LogP contribution < -0.4 is 5.73 Å². The van der Waals surface area contributed by atoms with Gasteiger partial charge in [0.15, 0.2) is 0 Å². The molecule has 0 aromatic heterocycles. The summed E-state index contributed by atoms with van der Waals surface area (Å²) < 4.78 is 4.58. The minimum atomic E-state index is -0.725. The van der Waals surface area contributed by atoms with Crippen LogP contribution in [0.1, 0.15) is 40.5 Å². The number of primary amides is 1. The predicted octanol–water partition coefficient (Wildman–Crippen LogP) is 2.85. The van der Waals surface area contributed by atoms with Crippen molar-refractivity contribution in [2.45, 2.75) is 46.1 Å². The van der Waals surface area contributed by atoms with Gasteiger partial charge in [-0.25, -0.2) is 4.79 Å². The van der Waals surface area contributed by atoms with Crippen molar-refractivity contribution in [1.29, 1.82) is 0 Å². The highest BCUT2D eigenvalue weighted by Gasteiger charge is 2.12. The first-order chi connectivity index (χ1) is 5.83. The maximum Gasteiger partial charge on any atom is 0.405 e. The molecular weight excluding hydrogens is 166 g/mol. The Kier molecular flexibility index (Phi) is 8.55. The van der Waals surface area contributed by atoms with Gasteiger partial charge >= 0.3 is 6.09 Å². The van der Waals surface area contributed by atoms with Crippen LogP contribution in [0.2, 0.25) is 0 Å². The van der Waals surface area contributed by atoms with E-state index in [9.17, 15) is 4.79 Å². The van der Waals surface area contributed by atoms with E-state index in [-0.39, 0.29) is 0 Å². The lowest BCUT2D eigenvalue weighted by Gasteiger charge is -2.16. The second-order valence-corrected chi connectivity index (χ2v) is 3.61. The lowest BCUT2D eigenvalue weighted by atomic mass is 10.2. The first kappa shape index (κ1) is 14.5. The number of hydrogen-bond donors (Lipinski definition) is 1. The highest BCUT2D eigenvalue weighted by molar-refractivity contribution is 5.65. The molecule has 0 bridgehead atoms. The molecule has 2 N–H and O–H groups in total. The van der Waals surface area contributed by atoms with Crippen LogP contribution in [0.4, 0.5) is 4.79 Å². The van der Waals surface area contributed by atoms with Crippen LogP contribution >= 0.6 is 0 Å². The monoisotopic (exact) mass is 187 g/mol. The quantitative estimate of drug-likeness (QED) is 0.676. The average Bonchev–Trinajstić information content (AvgIpc) is 1.84. The van der Waals surface area contributed by atoms with Gasteiger partial charge in [-0.05, 0) is 27.2 Å². The van der Waals surface area contributed by atoms with Crippen molar-refractivity contribution < 1.29 is 9.53 Å². The van der Waals surface area contributed by atoms with Crippen molar-refractivity contribution in [3.8, 4) is 0 Å². The summed E-state index contributed by atoms with van der Waals surface area (Å²) in [7, 11) is 0. The van der Waals surface area contributed by atoms with E-state index >= 15 is 0 Å². The zero-order valence-corrected chi connectivity index (χ0v) is 9.09. The maximum absolute atomic E-state index is 10.0. The van der Waals surface area contributed by atoms with E-state index in [1.165, 1.54) is 6.42 Å². The molecule has 0 heterocycles. The maximum atomic E-state index is 10.0. The fraction of sp³-hybridized carbons (Fsp3) is 0.700. The molecule has 0 spiro atoms. The number of ether oxygens (including phenoxy) is 1. The normalized spacial score (nSPS) is 9.54. The van der Waals surface area contributed by atoms with Crippen LogP contribution in [0.15, 0.2) is 12.7 Å². The number of amides is 1. The highest BCUT2D eigenvalue weighted by atomic mass is 16.6. The zero-order valence-electron chi connectivity index (χ0n) is 9.09. The van der Waals surface area contributed by atoms with E-state index in [4.69, 9.17) is 5.73 Å². The molecule has 0 aliphatic heterocycles. The Bertz CT molecular complexity index is 147. The lowest BCUT2D eigenvalue weighted by Crippen LogP contribution is -2.27. The van der Waals surface area contributed by atoms with E-state index < -0.39 is 11.7 Å². The molecule has 0 unspecified atom stereocenters. The van der Waals surface area contributed by atoms with Gasteiger partial charge in [-0.1, -0.05) is 19.4 Å². The fourth-order valence-corrected chi connectivity index (χ4v) is 0.506. The van der Waals surface area contributed by atoms with E-state index in [2.05, 4.69) is 18.2 Å². The number of carbonyl (C=O) groups excluding carboxylic acids is 1. The van der Waals surface area contributed by atoms with Gasteiger partial charge in [0, 0.05) is 0 Å². The van der Waals surface area contributed by atoms with Crippen LogP contribution in [0.5, 0.6) is 0 Å². The van der Waals surface area contributed by atoms with Crippen LogP contribution in [-0.4, -0.2) is 11.7 Å². The molecule has 0 fully saturated rings. The second-order valence-electron chi connectivity index (χ2n) is 3.61. The summed E-state index contributed by atoms with van der Waals surface area (Å²) in [5.41, 5.74) is 4.26. The van der Waals surface area contributed by atoms with Gasteiger partial charge in [-0.3, -0.25) is 0 Å². The van der Waals surface area contributed by atoms with Crippen LogP contribution in [-0.2, 0) is 4.74 Å². The minimum Gasteiger partial charge on any atom is -0.444 e. The number of nitrogens with two attached hydrogens (primary N) is 1. The summed E-state index contributed by atoms with van der Waals surface area (Å²) in [5.74, 6) is 0. The molecule has 0 saturated carbocycles. The topological polar surface area (TPSA) is 52.3 Å². The van der Waals surface area contributed by atoms with E-state index in [1.54, 1.807) is 20.8 Å². The van der Waals surface area contributed by atoms with Gasteiger partial charge in [0.1, 0.15) is 5.60 Å². The zero-order chi connectivity index (χ0) is 10.9. The van der Waals surface area contributed by atoms with E-state index in [0.717, 1.165) is 6.42 Å². The first-order valence-electron chi connectivity index (χ1n) is 4.42. The van der Waals surface area contributed by atoms with Crippen LogP contribution in [0.3, 0.4) is 0 Å². The van der Waals surface area contributed by atoms with Crippen molar-refractivity contribution in [2.75, 3.05) is 0 Å². The average molecular weight is 187 g/mol. The lowest BCUT2D eigenvalue weighted by molar-refractivity contribution is 0.0600. The Morgan fingerprint density at radius 1 is 1.54 bits per heavy atom. The predicted molar refractivity (Wildman–Crippen MR) is 55.5 cm³/mol. The number of rotatable bonds is 2. The Labute approximate surface area is 81.0 Å². The van der Waals surface area contributed by atoms with Crippen LogP contribution in [0, 0.1) is 0 Å². The number of allylic oxidation sites excluding steroid dienone is 1. The molecule has 0 saturated heterocycles. The number of hydrogen-bond acceptors (Lipinski definition) is 2. The fourth-order valence-electron chi connectivity index (χ4n) is 0.506. The summed E-state index contributed by atoms with van der Waals surface area (Å²) in [6.07, 6.45) is 3.58. The molecule has 78 valence electrons. The standard InChI is InChI=1S/C5H11NO2.C5H10/c1-5(2,3)8-4(6)7;1-3-5-4-2/h1-3H3,(H2,6,7);3H,1,4-5H2,2H3. The van der Waals surface area contributed by atoms with Gasteiger partial charge in [-0.2, -0.15) is 0 Å². The van der Waals surface area contributed by atoms with Crippen molar-refractivity contribution in [3.63, 3.8) is 0 Å². The molecule has 0 aliphatic rings. The molecule has 0 aliphatic carbocycles. The molecule has 0 rings (SSSR count). The number of unbranched alkanes of at least 4 members (excludes halogenated alkanes) is 1. The molecule has 0 aromatic rings. The molecule has 1 amide bonds. The summed E-state index contributed by atoms with van der Waals surface area (Å²) >= 11 is 0. The van der Waals surface area contributed by atoms with Crippen LogP contribution in [0.25, 0.3) is 0 Å². The first-order valence-corrected chi connectivity index (χ1v) is 4.42. The van der Waals surface area contributed by atoms with Crippen molar-refractivity contribution in [3.05, 3.63) is 12.7 Å². The Morgan fingerprint density at radius 2 is 2.00 bits per heavy atom. The summed E-state index contributed by atoms with van der Waals surface area (Å²) in [6, 6.07) is 0. The molecule has 13 heavy (non-hydrogen) atoms. The largest absolute Gasteiger partial charge is 0.444 e. The summed E-state index contributed by atoms with van der Waals surface area (Å²) in [6.45, 7) is 11.0. The molecule has 3 heteroatoms. The SMILES string of the molecule is C=CCCC.CC(C)(C)OC(N)=O. The molecular formula is C10H21NO2. The third-order valence-electron chi connectivity index (χ3n) is 0.900. The molecule has 3 nitrogen and oxygen atoms in total. The Balaban J connectivity index is 0. The third-order valence-corrected chi connectivity index (χ3v) is 0.900. The molecule has 0 aromatic carbocycles. The highest BCUT2D eigenvalue weighted by Crippen LogP contribution is 2.04. The number of carbonyl (C=O) groups is 1. The minimum absolute atomic E-state index is 0.453.